The molecule has 0 aromatic rings. The summed E-state index contributed by atoms with van der Waals surface area (Å²) in [5, 5.41) is 9.17. The second-order valence-electron chi connectivity index (χ2n) is 4.59. The highest BCUT2D eigenvalue weighted by atomic mass is 32.2. The first kappa shape index (κ1) is 16.7. The zero-order chi connectivity index (χ0) is 15.3. The molecule has 9 heteroatoms. The van der Waals surface area contributed by atoms with Crippen LogP contribution in [0.25, 0.3) is 0 Å². The highest BCUT2D eigenvalue weighted by Gasteiger charge is 2.40. The molecule has 1 amide bonds. The monoisotopic (exact) mass is 308 g/mol. The average Bonchev–Trinajstić information content (AvgIpc) is 2.37. The molecule has 1 rings (SSSR count). The number of amides is 1. The number of aliphatic carboxylic acids is 1. The Bertz CT molecular complexity index is 464. The number of piperidine rings is 1. The highest BCUT2D eigenvalue weighted by Crippen LogP contribution is 2.27. The van der Waals surface area contributed by atoms with Gasteiger partial charge in [-0.2, -0.15) is 12.7 Å². The fraction of sp³-hybridized carbons (Fsp3) is 0.818. The van der Waals surface area contributed by atoms with Gasteiger partial charge in [0.25, 0.3) is 0 Å². The molecule has 1 heterocycles. The molecule has 1 saturated heterocycles. The van der Waals surface area contributed by atoms with Crippen LogP contribution in [0.3, 0.4) is 0 Å². The summed E-state index contributed by atoms with van der Waals surface area (Å²) in [5.74, 6) is -1.04. The molecular weight excluding hydrogens is 288 g/mol. The Morgan fingerprint density at radius 3 is 2.55 bits per heavy atom. The molecule has 8 nitrogen and oxygen atoms in total. The summed E-state index contributed by atoms with van der Waals surface area (Å²) in [6.07, 6.45) is 0.511. The van der Waals surface area contributed by atoms with Gasteiger partial charge in [0.15, 0.2) is 0 Å². The van der Waals surface area contributed by atoms with Gasteiger partial charge >= 0.3 is 22.3 Å². The van der Waals surface area contributed by atoms with E-state index in [9.17, 15) is 23.1 Å². The molecule has 2 atom stereocenters. The predicted octanol–water partition coefficient (Wildman–Crippen LogP) is 0.552. The number of nitrogens with one attached hydrogen (secondary N) is 1. The fourth-order valence-corrected chi connectivity index (χ4v) is 3.47. The van der Waals surface area contributed by atoms with Gasteiger partial charge in [0.1, 0.15) is 6.04 Å². The lowest BCUT2D eigenvalue weighted by atomic mass is 9.90. The Hall–Kier alpha value is -1.35. The van der Waals surface area contributed by atoms with Crippen molar-refractivity contribution in [1.82, 2.24) is 9.03 Å². The molecule has 1 fully saturated rings. The van der Waals surface area contributed by atoms with Gasteiger partial charge in [0.05, 0.1) is 6.61 Å². The van der Waals surface area contributed by atoms with Gasteiger partial charge in [-0.15, -0.1) is 0 Å². The number of carbonyl (C=O) groups excluding carboxylic acids is 1. The van der Waals surface area contributed by atoms with Crippen LogP contribution in [0.1, 0.15) is 33.1 Å². The third-order valence-corrected chi connectivity index (χ3v) is 4.80. The molecule has 2 N–H and O–H groups in total. The van der Waals surface area contributed by atoms with Crippen LogP contribution in [-0.4, -0.2) is 49.1 Å². The Morgan fingerprint density at radius 2 is 2.05 bits per heavy atom. The average molecular weight is 308 g/mol. The molecule has 0 aromatic heterocycles. The standard InChI is InChI=1S/C11H20N2O6S/c1-3-8-5-6-13(9(7-8)10(14)15)20(17,18)12-11(16)19-4-2/h8-9H,3-7H2,1-2H3,(H,12,16)(H,14,15). The maximum atomic E-state index is 12.0. The first-order valence-corrected chi connectivity index (χ1v) is 7.95. The minimum absolute atomic E-state index is 0.0294. The lowest BCUT2D eigenvalue weighted by Crippen LogP contribution is -2.54. The van der Waals surface area contributed by atoms with Crippen LogP contribution in [-0.2, 0) is 19.7 Å². The van der Waals surface area contributed by atoms with Crippen molar-refractivity contribution >= 4 is 22.3 Å². The second-order valence-corrected chi connectivity index (χ2v) is 6.21. The molecule has 0 spiro atoms. The minimum Gasteiger partial charge on any atom is -0.480 e. The Labute approximate surface area is 118 Å². The first-order valence-electron chi connectivity index (χ1n) is 6.50. The van der Waals surface area contributed by atoms with Crippen molar-refractivity contribution in [3.05, 3.63) is 0 Å². The molecule has 0 radical (unpaired) electrons. The van der Waals surface area contributed by atoms with E-state index in [0.717, 1.165) is 10.7 Å². The van der Waals surface area contributed by atoms with E-state index in [2.05, 4.69) is 4.74 Å². The number of carbonyl (C=O) groups is 2. The number of hydrogen-bond donors (Lipinski definition) is 2. The summed E-state index contributed by atoms with van der Waals surface area (Å²) in [6.45, 7) is 3.58. The zero-order valence-electron chi connectivity index (χ0n) is 11.5. The summed E-state index contributed by atoms with van der Waals surface area (Å²) >= 11 is 0. The van der Waals surface area contributed by atoms with E-state index in [1.54, 1.807) is 11.6 Å². The largest absolute Gasteiger partial charge is 0.480 e. The number of hydrogen-bond acceptors (Lipinski definition) is 5. The number of rotatable bonds is 5. The molecule has 1 aliphatic heterocycles. The lowest BCUT2D eigenvalue weighted by Gasteiger charge is -2.35. The van der Waals surface area contributed by atoms with Gasteiger partial charge in [0, 0.05) is 6.54 Å². The highest BCUT2D eigenvalue weighted by molar-refractivity contribution is 7.87. The van der Waals surface area contributed by atoms with Crippen molar-refractivity contribution < 1.29 is 27.9 Å². The van der Waals surface area contributed by atoms with E-state index in [0.29, 0.717) is 6.42 Å². The van der Waals surface area contributed by atoms with Crippen LogP contribution in [0.4, 0.5) is 4.79 Å². The van der Waals surface area contributed by atoms with Gasteiger partial charge in [-0.1, -0.05) is 13.3 Å². The summed E-state index contributed by atoms with van der Waals surface area (Å²) in [7, 11) is -4.20. The maximum absolute atomic E-state index is 12.0. The number of nitrogens with zero attached hydrogens (tertiary/aromatic N) is 1. The molecule has 0 bridgehead atoms. The lowest BCUT2D eigenvalue weighted by molar-refractivity contribution is -0.143. The van der Waals surface area contributed by atoms with Crippen LogP contribution in [0, 0.1) is 5.92 Å². The minimum atomic E-state index is -4.20. The van der Waals surface area contributed by atoms with Gasteiger partial charge in [-0.05, 0) is 25.7 Å². The SMILES string of the molecule is CCOC(=O)NS(=O)(=O)N1CCC(CC)CC1C(=O)O. The molecule has 0 saturated carbocycles. The summed E-state index contributed by atoms with van der Waals surface area (Å²) in [5.41, 5.74) is 0. The smallest absolute Gasteiger partial charge is 0.421 e. The number of carboxylic acids is 1. The number of carboxylic acid groups (broad SMARTS) is 1. The summed E-state index contributed by atoms with van der Waals surface area (Å²) in [4.78, 5) is 22.4. The molecule has 1 aliphatic rings. The maximum Gasteiger partial charge on any atom is 0.421 e. The molecule has 0 aliphatic carbocycles. The Kier molecular flexibility index (Phi) is 5.75. The van der Waals surface area contributed by atoms with Crippen LogP contribution >= 0.6 is 0 Å². The van der Waals surface area contributed by atoms with E-state index in [-0.39, 0.29) is 25.5 Å². The normalized spacial score (nSPS) is 24.1. The molecule has 2 unspecified atom stereocenters. The fourth-order valence-electron chi connectivity index (χ4n) is 2.22. The van der Waals surface area contributed by atoms with Gasteiger partial charge < -0.3 is 9.84 Å². The van der Waals surface area contributed by atoms with E-state index < -0.39 is 28.3 Å². The van der Waals surface area contributed by atoms with Crippen LogP contribution in [0.2, 0.25) is 0 Å². The van der Waals surface area contributed by atoms with E-state index in [1.807, 2.05) is 6.92 Å². The van der Waals surface area contributed by atoms with E-state index in [1.165, 1.54) is 0 Å². The van der Waals surface area contributed by atoms with Crippen LogP contribution in [0.5, 0.6) is 0 Å². The Balaban J connectivity index is 2.86. The molecular formula is C11H20N2O6S. The molecule has 0 aromatic carbocycles. The topological polar surface area (TPSA) is 113 Å². The summed E-state index contributed by atoms with van der Waals surface area (Å²) < 4.78 is 31.1. The zero-order valence-corrected chi connectivity index (χ0v) is 12.4. The quantitative estimate of drug-likeness (QED) is 0.767. The predicted molar refractivity (Wildman–Crippen MR) is 70.2 cm³/mol. The third kappa shape index (κ3) is 4.07. The van der Waals surface area contributed by atoms with Gasteiger partial charge in [0.2, 0.25) is 0 Å². The van der Waals surface area contributed by atoms with E-state index >= 15 is 0 Å². The van der Waals surface area contributed by atoms with Crippen molar-refractivity contribution in [2.24, 2.45) is 5.92 Å². The van der Waals surface area contributed by atoms with Gasteiger partial charge in [-0.3, -0.25) is 4.79 Å². The second kappa shape index (κ2) is 6.89. The van der Waals surface area contributed by atoms with Crippen molar-refractivity contribution in [2.45, 2.75) is 39.2 Å². The molecule has 116 valence electrons. The van der Waals surface area contributed by atoms with Gasteiger partial charge in [-0.25, -0.2) is 9.52 Å². The van der Waals surface area contributed by atoms with Crippen molar-refractivity contribution in [3.8, 4) is 0 Å². The number of ether oxygens (including phenoxy) is 1. The molecule has 20 heavy (non-hydrogen) atoms. The van der Waals surface area contributed by atoms with Crippen molar-refractivity contribution in [2.75, 3.05) is 13.2 Å². The van der Waals surface area contributed by atoms with Crippen molar-refractivity contribution in [3.63, 3.8) is 0 Å². The van der Waals surface area contributed by atoms with Crippen LogP contribution < -0.4 is 4.72 Å². The van der Waals surface area contributed by atoms with E-state index in [4.69, 9.17) is 0 Å². The summed E-state index contributed by atoms with van der Waals surface area (Å²) in [6, 6.07) is -1.15. The Morgan fingerprint density at radius 1 is 1.40 bits per heavy atom. The van der Waals surface area contributed by atoms with Crippen molar-refractivity contribution in [1.29, 1.82) is 0 Å². The van der Waals surface area contributed by atoms with Crippen LogP contribution in [0.15, 0.2) is 0 Å². The first-order chi connectivity index (χ1) is 9.31. The third-order valence-electron chi connectivity index (χ3n) is 3.32.